The van der Waals surface area contributed by atoms with Crippen molar-refractivity contribution in [3.63, 3.8) is 0 Å². The molecule has 0 radical (unpaired) electrons. The number of para-hydroxylation sites is 1. The van der Waals surface area contributed by atoms with Gasteiger partial charge >= 0.3 is 5.97 Å². The molecule has 5 rings (SSSR count). The van der Waals surface area contributed by atoms with Gasteiger partial charge in [-0.25, -0.2) is 9.78 Å². The zero-order valence-corrected chi connectivity index (χ0v) is 19.7. The second-order valence-corrected chi connectivity index (χ2v) is 8.74. The lowest BCUT2D eigenvalue weighted by molar-refractivity contribution is -0.116. The Morgan fingerprint density at radius 3 is 2.63 bits per heavy atom. The molecular weight excluding hydrogens is 462 g/mol. The molecule has 174 valence electrons. The fourth-order valence-electron chi connectivity index (χ4n) is 3.97. The summed E-state index contributed by atoms with van der Waals surface area (Å²) in [7, 11) is 0. The van der Waals surface area contributed by atoms with Crippen molar-refractivity contribution in [2.45, 2.75) is 13.5 Å². The molecular formula is C27H21N3O4S. The largest absolute Gasteiger partial charge is 0.462 e. The van der Waals surface area contributed by atoms with E-state index < -0.39 is 11.9 Å². The van der Waals surface area contributed by atoms with Crippen LogP contribution < -0.4 is 10.9 Å². The molecule has 7 nitrogen and oxygen atoms in total. The van der Waals surface area contributed by atoms with Crippen LogP contribution in [0.2, 0.25) is 0 Å². The highest BCUT2D eigenvalue weighted by Crippen LogP contribution is 2.32. The van der Waals surface area contributed by atoms with Crippen LogP contribution in [0.3, 0.4) is 0 Å². The van der Waals surface area contributed by atoms with Gasteiger partial charge in [-0.3, -0.25) is 14.2 Å². The average molecular weight is 484 g/mol. The molecule has 0 spiro atoms. The summed E-state index contributed by atoms with van der Waals surface area (Å²) in [6.45, 7) is 1.69. The molecule has 2 heterocycles. The first-order chi connectivity index (χ1) is 17.0. The van der Waals surface area contributed by atoms with Crippen molar-refractivity contribution >= 4 is 49.9 Å². The third-order valence-corrected chi connectivity index (χ3v) is 6.52. The van der Waals surface area contributed by atoms with Crippen molar-refractivity contribution in [3.05, 3.63) is 94.4 Å². The van der Waals surface area contributed by atoms with Crippen LogP contribution in [0, 0.1) is 0 Å². The minimum Gasteiger partial charge on any atom is -0.462 e. The van der Waals surface area contributed by atoms with Gasteiger partial charge in [0.2, 0.25) is 5.91 Å². The Labute approximate surface area is 204 Å². The van der Waals surface area contributed by atoms with Gasteiger partial charge in [0.1, 0.15) is 11.4 Å². The number of esters is 1. The van der Waals surface area contributed by atoms with Crippen molar-refractivity contribution in [2.75, 3.05) is 11.9 Å². The maximum Gasteiger partial charge on any atom is 0.340 e. The molecule has 2 aromatic heterocycles. The first kappa shape index (κ1) is 22.5. The van der Waals surface area contributed by atoms with Crippen molar-refractivity contribution in [2.24, 2.45) is 0 Å². The fourth-order valence-corrected chi connectivity index (χ4v) is 4.88. The second-order valence-electron chi connectivity index (χ2n) is 7.88. The number of rotatable bonds is 6. The third-order valence-electron chi connectivity index (χ3n) is 5.63. The van der Waals surface area contributed by atoms with E-state index in [1.165, 1.54) is 22.2 Å². The third kappa shape index (κ3) is 4.43. The Morgan fingerprint density at radius 1 is 1.03 bits per heavy atom. The average Bonchev–Trinajstić information content (AvgIpc) is 3.31. The quantitative estimate of drug-likeness (QED) is 0.340. The minimum atomic E-state index is -0.526. The predicted octanol–water partition coefficient (Wildman–Crippen LogP) is 5.09. The summed E-state index contributed by atoms with van der Waals surface area (Å²) in [4.78, 5) is 43.4. The Hall–Kier alpha value is -4.30. The Balaban J connectivity index is 1.45. The van der Waals surface area contributed by atoms with Crippen molar-refractivity contribution in [1.29, 1.82) is 0 Å². The first-order valence-electron chi connectivity index (χ1n) is 11.1. The summed E-state index contributed by atoms with van der Waals surface area (Å²) in [6.07, 6.45) is 1.38. The number of amides is 1. The second kappa shape index (κ2) is 9.52. The van der Waals surface area contributed by atoms with Gasteiger partial charge in [0.05, 0.1) is 29.6 Å². The number of benzene rings is 3. The number of nitrogens with one attached hydrogen (secondary N) is 1. The maximum atomic E-state index is 13.4. The summed E-state index contributed by atoms with van der Waals surface area (Å²) in [5.74, 6) is -0.977. The van der Waals surface area contributed by atoms with E-state index in [0.29, 0.717) is 15.9 Å². The van der Waals surface area contributed by atoms with Crippen molar-refractivity contribution in [1.82, 2.24) is 9.55 Å². The number of hydrogen-bond donors (Lipinski definition) is 1. The van der Waals surface area contributed by atoms with E-state index in [0.717, 1.165) is 21.9 Å². The molecule has 1 amide bonds. The molecule has 3 aromatic carbocycles. The van der Waals surface area contributed by atoms with Crippen LogP contribution in [0.1, 0.15) is 17.3 Å². The fraction of sp³-hybridized carbons (Fsp3) is 0.111. The lowest BCUT2D eigenvalue weighted by Gasteiger charge is -2.11. The lowest BCUT2D eigenvalue weighted by atomic mass is 10.0. The van der Waals surface area contributed by atoms with E-state index in [1.807, 2.05) is 47.8 Å². The highest BCUT2D eigenvalue weighted by molar-refractivity contribution is 7.17. The van der Waals surface area contributed by atoms with E-state index in [-0.39, 0.29) is 24.3 Å². The van der Waals surface area contributed by atoms with Crippen LogP contribution in [0.5, 0.6) is 0 Å². The van der Waals surface area contributed by atoms with Crippen LogP contribution in [0.25, 0.3) is 32.1 Å². The Morgan fingerprint density at radius 2 is 1.80 bits per heavy atom. The molecule has 0 atom stereocenters. The normalized spacial score (nSPS) is 11.0. The number of hydrogen-bond acceptors (Lipinski definition) is 6. The van der Waals surface area contributed by atoms with Gasteiger partial charge in [-0.1, -0.05) is 48.5 Å². The smallest absolute Gasteiger partial charge is 0.340 e. The van der Waals surface area contributed by atoms with Crippen molar-refractivity contribution in [3.8, 4) is 11.1 Å². The van der Waals surface area contributed by atoms with E-state index in [4.69, 9.17) is 4.74 Å². The molecule has 35 heavy (non-hydrogen) atoms. The summed E-state index contributed by atoms with van der Waals surface area (Å²) >= 11 is 1.39. The van der Waals surface area contributed by atoms with Gasteiger partial charge in [0, 0.05) is 10.9 Å². The Bertz CT molecular complexity index is 1640. The molecule has 0 aliphatic carbocycles. The van der Waals surface area contributed by atoms with E-state index in [9.17, 15) is 14.4 Å². The maximum absolute atomic E-state index is 13.4. The van der Waals surface area contributed by atoms with Gasteiger partial charge in [0.15, 0.2) is 0 Å². The molecule has 8 heteroatoms. The van der Waals surface area contributed by atoms with E-state index in [1.54, 1.807) is 31.2 Å². The van der Waals surface area contributed by atoms with Crippen LogP contribution in [-0.4, -0.2) is 28.0 Å². The van der Waals surface area contributed by atoms with Gasteiger partial charge in [-0.05, 0) is 41.5 Å². The molecule has 1 N–H and O–H groups in total. The highest BCUT2D eigenvalue weighted by atomic mass is 32.1. The highest BCUT2D eigenvalue weighted by Gasteiger charge is 2.17. The molecule has 0 aliphatic heterocycles. The zero-order chi connectivity index (χ0) is 24.4. The number of anilines is 1. The Kier molecular flexibility index (Phi) is 6.12. The van der Waals surface area contributed by atoms with Crippen LogP contribution in [-0.2, 0) is 16.1 Å². The molecule has 0 saturated heterocycles. The number of nitrogens with zero attached hydrogens (tertiary/aromatic N) is 2. The molecule has 0 unspecified atom stereocenters. The van der Waals surface area contributed by atoms with Gasteiger partial charge in [-0.15, -0.1) is 11.3 Å². The minimum absolute atomic E-state index is 0.225. The number of carbonyl (C=O) groups is 2. The first-order valence-corrected chi connectivity index (χ1v) is 11.9. The SMILES string of the molecule is CCOC(=O)c1ccccc1NC(=O)Cn1cnc2scc(-c3ccc4ccccc4c3)c2c1=O. The summed E-state index contributed by atoms with van der Waals surface area (Å²) in [5.41, 5.74) is 1.98. The monoisotopic (exact) mass is 483 g/mol. The molecule has 0 saturated carbocycles. The molecule has 0 fully saturated rings. The number of carbonyl (C=O) groups excluding carboxylic acids is 2. The van der Waals surface area contributed by atoms with Gasteiger partial charge < -0.3 is 10.1 Å². The van der Waals surface area contributed by atoms with Gasteiger partial charge in [-0.2, -0.15) is 0 Å². The summed E-state index contributed by atoms with van der Waals surface area (Å²) < 4.78 is 6.33. The van der Waals surface area contributed by atoms with Gasteiger partial charge in [0.25, 0.3) is 5.56 Å². The zero-order valence-electron chi connectivity index (χ0n) is 18.9. The standard InChI is InChI=1S/C27H21N3O4S/c1-2-34-27(33)20-9-5-6-10-22(20)29-23(31)14-30-16-28-25-24(26(30)32)21(15-35-25)19-12-11-17-7-3-4-8-18(17)13-19/h3-13,15-16H,2,14H2,1H3,(H,29,31). The van der Waals surface area contributed by atoms with Crippen molar-refractivity contribution < 1.29 is 14.3 Å². The number of fused-ring (bicyclic) bond motifs is 2. The van der Waals surface area contributed by atoms with E-state index in [2.05, 4.69) is 10.3 Å². The summed E-state index contributed by atoms with van der Waals surface area (Å²) in [6, 6.07) is 20.7. The van der Waals surface area contributed by atoms with Crippen LogP contribution in [0.15, 0.2) is 83.2 Å². The molecule has 0 aliphatic rings. The van der Waals surface area contributed by atoms with Crippen LogP contribution in [0.4, 0.5) is 5.69 Å². The summed E-state index contributed by atoms with van der Waals surface area (Å²) in [5, 5.41) is 7.30. The number of aromatic nitrogens is 2. The number of ether oxygens (including phenoxy) is 1. The molecule has 0 bridgehead atoms. The van der Waals surface area contributed by atoms with Crippen LogP contribution >= 0.6 is 11.3 Å². The predicted molar refractivity (Wildman–Crippen MR) is 138 cm³/mol. The lowest BCUT2D eigenvalue weighted by Crippen LogP contribution is -2.28. The number of thiophene rings is 1. The topological polar surface area (TPSA) is 90.3 Å². The molecule has 5 aromatic rings. The van der Waals surface area contributed by atoms with E-state index >= 15 is 0 Å².